The van der Waals surface area contributed by atoms with Crippen molar-refractivity contribution in [3.63, 3.8) is 0 Å². The Hall–Kier alpha value is -7.16. The molecule has 5 aliphatic carbocycles. The molecule has 0 N–H and O–H groups in total. The van der Waals surface area contributed by atoms with E-state index in [1.807, 2.05) is 6.07 Å². The van der Waals surface area contributed by atoms with Gasteiger partial charge >= 0.3 is 0 Å². The van der Waals surface area contributed by atoms with E-state index in [0.717, 1.165) is 45.7 Å². The number of fused-ring (bicyclic) bond motifs is 6. The van der Waals surface area contributed by atoms with E-state index in [4.69, 9.17) is 9.97 Å². The summed E-state index contributed by atoms with van der Waals surface area (Å²) in [5.41, 5.74) is 16.4. The highest BCUT2D eigenvalue weighted by Crippen LogP contribution is 2.70. The second kappa shape index (κ2) is 13.9. The van der Waals surface area contributed by atoms with Crippen molar-refractivity contribution < 1.29 is 0 Å². The zero-order chi connectivity index (χ0) is 41.9. The molecule has 4 saturated carbocycles. The van der Waals surface area contributed by atoms with Crippen LogP contribution >= 0.6 is 0 Å². The Labute approximate surface area is 374 Å². The van der Waals surface area contributed by atoms with Gasteiger partial charge in [-0.05, 0) is 157 Å². The van der Waals surface area contributed by atoms with Crippen LogP contribution in [0.2, 0.25) is 0 Å². The Morgan fingerprint density at radius 3 is 1.52 bits per heavy atom. The van der Waals surface area contributed by atoms with Gasteiger partial charge in [0.05, 0.1) is 11.4 Å². The number of aromatic nitrogens is 2. The molecular formula is C62H46N2. The van der Waals surface area contributed by atoms with Gasteiger partial charge in [0.15, 0.2) is 5.82 Å². The fourth-order valence-corrected chi connectivity index (χ4v) is 13.8. The molecule has 1 heterocycles. The van der Waals surface area contributed by atoms with Crippen molar-refractivity contribution in [2.45, 2.75) is 37.5 Å². The summed E-state index contributed by atoms with van der Waals surface area (Å²) in [4.78, 5) is 10.3. The molecule has 1 spiro atoms. The maximum absolute atomic E-state index is 5.24. The van der Waals surface area contributed by atoms with Crippen LogP contribution in [0.5, 0.6) is 0 Å². The molecule has 5 aliphatic rings. The average Bonchev–Trinajstić information content (AvgIpc) is 3.64. The lowest BCUT2D eigenvalue weighted by molar-refractivity contribution is -0.0398. The second-order valence-corrected chi connectivity index (χ2v) is 19.3. The van der Waals surface area contributed by atoms with Gasteiger partial charge in [-0.3, -0.25) is 0 Å². The summed E-state index contributed by atoms with van der Waals surface area (Å²) in [6, 6.07) is 72.0. The summed E-state index contributed by atoms with van der Waals surface area (Å²) < 4.78 is 0. The van der Waals surface area contributed by atoms with Gasteiger partial charge in [-0.2, -0.15) is 0 Å². The molecule has 0 amide bonds. The molecule has 10 aromatic rings. The van der Waals surface area contributed by atoms with E-state index >= 15 is 0 Å². The zero-order valence-corrected chi connectivity index (χ0v) is 35.7. The topological polar surface area (TPSA) is 25.8 Å². The van der Waals surface area contributed by atoms with E-state index in [9.17, 15) is 0 Å². The predicted octanol–water partition coefficient (Wildman–Crippen LogP) is 16.0. The van der Waals surface area contributed by atoms with E-state index in [0.29, 0.717) is 11.8 Å². The van der Waals surface area contributed by atoms with Crippen LogP contribution in [0.3, 0.4) is 0 Å². The molecule has 15 rings (SSSR count). The van der Waals surface area contributed by atoms with Crippen molar-refractivity contribution in [1.29, 1.82) is 0 Å². The van der Waals surface area contributed by atoms with Crippen LogP contribution in [-0.4, -0.2) is 9.97 Å². The Kier molecular flexibility index (Phi) is 7.90. The van der Waals surface area contributed by atoms with Crippen molar-refractivity contribution >= 4 is 32.3 Å². The molecule has 64 heavy (non-hydrogen) atoms. The summed E-state index contributed by atoms with van der Waals surface area (Å²) in [6.45, 7) is 0. The van der Waals surface area contributed by atoms with Crippen LogP contribution in [0.1, 0.15) is 43.2 Å². The van der Waals surface area contributed by atoms with E-state index in [2.05, 4.69) is 188 Å². The Morgan fingerprint density at radius 2 is 0.859 bits per heavy atom. The monoisotopic (exact) mass is 818 g/mol. The van der Waals surface area contributed by atoms with Gasteiger partial charge in [0.1, 0.15) is 0 Å². The van der Waals surface area contributed by atoms with Crippen LogP contribution < -0.4 is 0 Å². The zero-order valence-electron chi connectivity index (χ0n) is 35.7. The normalized spacial score (nSPS) is 21.5. The Bertz CT molecular complexity index is 3370. The summed E-state index contributed by atoms with van der Waals surface area (Å²) in [5.74, 6) is 3.92. The molecule has 1 aromatic heterocycles. The maximum Gasteiger partial charge on any atom is 0.160 e. The number of nitrogens with zero attached hydrogens (tertiary/aromatic N) is 2. The maximum atomic E-state index is 5.24. The SMILES string of the molecule is c1ccc(-c2cc(-c3cccc(-c4c5ccccc5c(-c5cccc6c5-c5cc7ccccc7cc5C65C6CC7CC(C6)CC5C7)c5ccccc45)c3)nc(-c3ccccc3)n2)cc1. The van der Waals surface area contributed by atoms with Crippen LogP contribution in [0.25, 0.3) is 99.6 Å². The summed E-state index contributed by atoms with van der Waals surface area (Å²) in [7, 11) is 0. The predicted molar refractivity (Wildman–Crippen MR) is 265 cm³/mol. The molecule has 4 bridgehead atoms. The largest absolute Gasteiger partial charge is 0.228 e. The minimum atomic E-state index is 0.0753. The standard InChI is InChI=1S/C62H46N2/c1-3-15-40(16-4-1)56-37-57(64-61(63-56)41-17-5-2-6-18-41)44-21-13-22-45(34-44)58-48-23-9-11-25-50(48)59(51-26-12-10-24-49(51)58)52-27-14-28-54-60(52)53-35-42-19-7-8-20-43(42)36-55(53)62(54)46-30-38-29-39(32-46)33-47(62)31-38/h1-28,34-39,46-47H,29-33H2. The first-order valence-electron chi connectivity index (χ1n) is 23.4. The number of rotatable bonds is 5. The third kappa shape index (κ3) is 5.26. The van der Waals surface area contributed by atoms with Gasteiger partial charge in [-0.15, -0.1) is 0 Å². The quantitative estimate of drug-likeness (QED) is 0.162. The molecule has 0 radical (unpaired) electrons. The highest BCUT2D eigenvalue weighted by atomic mass is 14.9. The van der Waals surface area contributed by atoms with Gasteiger partial charge in [0.2, 0.25) is 0 Å². The van der Waals surface area contributed by atoms with Crippen molar-refractivity contribution in [2.75, 3.05) is 0 Å². The summed E-state index contributed by atoms with van der Waals surface area (Å²) in [5, 5.41) is 7.84. The lowest BCUT2D eigenvalue weighted by atomic mass is 9.43. The first kappa shape index (κ1) is 36.3. The molecule has 0 unspecified atom stereocenters. The minimum Gasteiger partial charge on any atom is -0.228 e. The lowest BCUT2D eigenvalue weighted by Crippen LogP contribution is -2.55. The second-order valence-electron chi connectivity index (χ2n) is 19.3. The molecule has 4 fully saturated rings. The molecule has 0 aliphatic heterocycles. The Balaban J connectivity index is 0.995. The van der Waals surface area contributed by atoms with Crippen molar-refractivity contribution in [1.82, 2.24) is 9.97 Å². The fraction of sp³-hybridized carbons (Fsp3) is 0.161. The molecular weight excluding hydrogens is 773 g/mol. The average molecular weight is 819 g/mol. The van der Waals surface area contributed by atoms with Crippen molar-refractivity contribution in [2.24, 2.45) is 23.7 Å². The van der Waals surface area contributed by atoms with Crippen LogP contribution in [-0.2, 0) is 5.41 Å². The van der Waals surface area contributed by atoms with Crippen LogP contribution in [0.15, 0.2) is 194 Å². The molecule has 2 nitrogen and oxygen atoms in total. The van der Waals surface area contributed by atoms with E-state index < -0.39 is 0 Å². The first-order chi connectivity index (χ1) is 31.7. The smallest absolute Gasteiger partial charge is 0.160 e. The van der Waals surface area contributed by atoms with E-state index in [1.54, 1.807) is 11.1 Å². The van der Waals surface area contributed by atoms with E-state index in [1.165, 1.54) is 97.8 Å². The number of benzene rings is 9. The first-order valence-corrected chi connectivity index (χ1v) is 23.4. The molecule has 2 heteroatoms. The van der Waals surface area contributed by atoms with Gasteiger partial charge in [-0.1, -0.05) is 170 Å². The van der Waals surface area contributed by atoms with Gasteiger partial charge < -0.3 is 0 Å². The third-order valence-electron chi connectivity index (χ3n) is 16.0. The lowest BCUT2D eigenvalue weighted by Gasteiger charge is -2.61. The van der Waals surface area contributed by atoms with Crippen molar-refractivity contribution in [3.8, 4) is 67.3 Å². The van der Waals surface area contributed by atoms with Gasteiger partial charge in [0, 0.05) is 22.1 Å². The Morgan fingerprint density at radius 1 is 0.344 bits per heavy atom. The number of hydrogen-bond donors (Lipinski definition) is 0. The van der Waals surface area contributed by atoms with Crippen LogP contribution in [0.4, 0.5) is 0 Å². The summed E-state index contributed by atoms with van der Waals surface area (Å²) >= 11 is 0. The molecule has 9 aromatic carbocycles. The third-order valence-corrected chi connectivity index (χ3v) is 16.0. The number of hydrogen-bond acceptors (Lipinski definition) is 2. The summed E-state index contributed by atoms with van der Waals surface area (Å²) in [6.07, 6.45) is 6.95. The van der Waals surface area contributed by atoms with Gasteiger partial charge in [0.25, 0.3) is 0 Å². The van der Waals surface area contributed by atoms with Crippen LogP contribution in [0, 0.1) is 23.7 Å². The highest BCUT2D eigenvalue weighted by molar-refractivity contribution is 6.23. The fourth-order valence-electron chi connectivity index (χ4n) is 13.8. The van der Waals surface area contributed by atoms with Gasteiger partial charge in [-0.25, -0.2) is 9.97 Å². The van der Waals surface area contributed by atoms with Crippen molar-refractivity contribution in [3.05, 3.63) is 205 Å². The molecule has 304 valence electrons. The molecule has 0 atom stereocenters. The molecule has 0 saturated heterocycles. The van der Waals surface area contributed by atoms with E-state index in [-0.39, 0.29) is 5.41 Å². The highest BCUT2D eigenvalue weighted by Gasteiger charge is 2.62. The minimum absolute atomic E-state index is 0.0753.